The summed E-state index contributed by atoms with van der Waals surface area (Å²) in [7, 11) is 1.77. The van der Waals surface area contributed by atoms with Crippen LogP contribution in [0.25, 0.3) is 11.0 Å². The van der Waals surface area contributed by atoms with E-state index in [1.807, 2.05) is 45.9 Å². The molecule has 4 nitrogen and oxygen atoms in total. The van der Waals surface area contributed by atoms with Crippen LogP contribution in [-0.4, -0.2) is 29.7 Å². The Hall–Kier alpha value is -1.97. The predicted molar refractivity (Wildman–Crippen MR) is 83.4 cm³/mol. The quantitative estimate of drug-likeness (QED) is 0.849. The number of carbonyl (C=O) groups is 1. The molecular weight excluding hydrogens is 266 g/mol. The lowest BCUT2D eigenvalue weighted by molar-refractivity contribution is 0.0236. The summed E-state index contributed by atoms with van der Waals surface area (Å²) in [5.74, 6) is 0. The van der Waals surface area contributed by atoms with Crippen molar-refractivity contribution in [3.63, 3.8) is 0 Å². The second-order valence-corrected chi connectivity index (χ2v) is 6.44. The van der Waals surface area contributed by atoms with Gasteiger partial charge in [0.1, 0.15) is 11.2 Å². The van der Waals surface area contributed by atoms with Gasteiger partial charge in [-0.2, -0.15) is 0 Å². The van der Waals surface area contributed by atoms with Crippen molar-refractivity contribution in [1.82, 2.24) is 4.90 Å². The standard InChI is InChI=1S/C17H23NO3/c1-12(18(5)16(19)21-17(2,3)4)10-13-6-7-14-8-9-20-15(14)11-13/h6-9,11-12H,10H2,1-5H3. The van der Waals surface area contributed by atoms with E-state index in [0.717, 1.165) is 23.0 Å². The first-order chi connectivity index (χ1) is 9.76. The molecule has 0 saturated carbocycles. The van der Waals surface area contributed by atoms with E-state index >= 15 is 0 Å². The lowest BCUT2D eigenvalue weighted by Crippen LogP contribution is -2.40. The van der Waals surface area contributed by atoms with Gasteiger partial charge in [-0.05, 0) is 51.8 Å². The van der Waals surface area contributed by atoms with Crippen molar-refractivity contribution < 1.29 is 13.9 Å². The summed E-state index contributed by atoms with van der Waals surface area (Å²) in [5, 5.41) is 1.09. The molecule has 0 fully saturated rings. The number of rotatable bonds is 3. The van der Waals surface area contributed by atoms with E-state index in [0.29, 0.717) is 0 Å². The van der Waals surface area contributed by atoms with Gasteiger partial charge in [0.05, 0.1) is 6.26 Å². The van der Waals surface area contributed by atoms with Crippen LogP contribution in [0, 0.1) is 0 Å². The fraction of sp³-hybridized carbons (Fsp3) is 0.471. The maximum Gasteiger partial charge on any atom is 0.410 e. The van der Waals surface area contributed by atoms with E-state index in [-0.39, 0.29) is 12.1 Å². The normalized spacial score (nSPS) is 13.2. The fourth-order valence-electron chi connectivity index (χ4n) is 2.12. The van der Waals surface area contributed by atoms with E-state index in [9.17, 15) is 4.79 Å². The van der Waals surface area contributed by atoms with Gasteiger partial charge in [-0.15, -0.1) is 0 Å². The highest BCUT2D eigenvalue weighted by Gasteiger charge is 2.23. The smallest absolute Gasteiger partial charge is 0.410 e. The fourth-order valence-corrected chi connectivity index (χ4v) is 2.12. The van der Waals surface area contributed by atoms with Gasteiger partial charge in [-0.1, -0.05) is 12.1 Å². The van der Waals surface area contributed by atoms with Crippen molar-refractivity contribution in [3.8, 4) is 0 Å². The molecule has 1 aromatic heterocycles. The molecular formula is C17H23NO3. The van der Waals surface area contributed by atoms with Crippen molar-refractivity contribution in [1.29, 1.82) is 0 Å². The molecule has 0 aliphatic carbocycles. The van der Waals surface area contributed by atoms with Crippen molar-refractivity contribution >= 4 is 17.1 Å². The number of fused-ring (bicyclic) bond motifs is 1. The van der Waals surface area contributed by atoms with Crippen molar-refractivity contribution in [2.75, 3.05) is 7.05 Å². The summed E-state index contributed by atoms with van der Waals surface area (Å²) < 4.78 is 10.8. The van der Waals surface area contributed by atoms with Gasteiger partial charge < -0.3 is 14.1 Å². The predicted octanol–water partition coefficient (Wildman–Crippen LogP) is 4.23. The Morgan fingerprint density at radius 1 is 1.33 bits per heavy atom. The Balaban J connectivity index is 2.02. The van der Waals surface area contributed by atoms with Gasteiger partial charge in [-0.25, -0.2) is 4.79 Å². The summed E-state index contributed by atoms with van der Waals surface area (Å²) in [6, 6.07) is 8.11. The Kier molecular flexibility index (Phi) is 4.26. The summed E-state index contributed by atoms with van der Waals surface area (Å²) in [5.41, 5.74) is 1.54. The first kappa shape index (κ1) is 15.4. The second kappa shape index (κ2) is 5.80. The molecule has 1 atom stereocenters. The molecule has 0 bridgehead atoms. The Morgan fingerprint density at radius 2 is 2.05 bits per heavy atom. The second-order valence-electron chi connectivity index (χ2n) is 6.44. The Labute approximate surface area is 125 Å². The van der Waals surface area contributed by atoms with E-state index in [1.165, 1.54) is 0 Å². The first-order valence-corrected chi connectivity index (χ1v) is 7.18. The zero-order valence-corrected chi connectivity index (χ0v) is 13.3. The number of benzene rings is 1. The molecule has 0 radical (unpaired) electrons. The van der Waals surface area contributed by atoms with Gasteiger partial charge in [0.15, 0.2) is 0 Å². The van der Waals surface area contributed by atoms with E-state index < -0.39 is 5.60 Å². The number of furan rings is 1. The molecule has 2 rings (SSSR count). The molecule has 1 aromatic carbocycles. The number of amides is 1. The van der Waals surface area contributed by atoms with Crippen LogP contribution in [0.3, 0.4) is 0 Å². The van der Waals surface area contributed by atoms with Gasteiger partial charge in [0, 0.05) is 18.5 Å². The zero-order valence-electron chi connectivity index (χ0n) is 13.3. The molecule has 1 unspecified atom stereocenters. The van der Waals surface area contributed by atoms with Gasteiger partial charge in [-0.3, -0.25) is 0 Å². The first-order valence-electron chi connectivity index (χ1n) is 7.18. The third-order valence-electron chi connectivity index (χ3n) is 3.39. The lowest BCUT2D eigenvalue weighted by atomic mass is 10.1. The van der Waals surface area contributed by atoms with Crippen LogP contribution in [0.1, 0.15) is 33.3 Å². The monoisotopic (exact) mass is 289 g/mol. The highest BCUT2D eigenvalue weighted by molar-refractivity contribution is 5.77. The summed E-state index contributed by atoms with van der Waals surface area (Å²) in [6.07, 6.45) is 2.14. The van der Waals surface area contributed by atoms with Crippen LogP contribution in [-0.2, 0) is 11.2 Å². The topological polar surface area (TPSA) is 42.7 Å². The molecule has 0 aliphatic heterocycles. The minimum absolute atomic E-state index is 0.0484. The number of hydrogen-bond acceptors (Lipinski definition) is 3. The van der Waals surface area contributed by atoms with Crippen LogP contribution in [0.5, 0.6) is 0 Å². The summed E-state index contributed by atoms with van der Waals surface area (Å²) in [6.45, 7) is 7.62. The molecule has 0 aliphatic rings. The van der Waals surface area contributed by atoms with Gasteiger partial charge in [0.25, 0.3) is 0 Å². The third-order valence-corrected chi connectivity index (χ3v) is 3.39. The molecule has 1 amide bonds. The number of nitrogens with zero attached hydrogens (tertiary/aromatic N) is 1. The van der Waals surface area contributed by atoms with Gasteiger partial charge >= 0.3 is 6.09 Å². The molecule has 0 N–H and O–H groups in total. The zero-order chi connectivity index (χ0) is 15.6. The van der Waals surface area contributed by atoms with Crippen LogP contribution in [0.15, 0.2) is 34.9 Å². The number of carbonyl (C=O) groups excluding carboxylic acids is 1. The largest absolute Gasteiger partial charge is 0.464 e. The van der Waals surface area contributed by atoms with Crippen molar-refractivity contribution in [2.24, 2.45) is 0 Å². The molecule has 114 valence electrons. The molecule has 4 heteroatoms. The maximum atomic E-state index is 12.0. The SMILES string of the molecule is CC(Cc1ccc2ccoc2c1)N(C)C(=O)OC(C)(C)C. The maximum absolute atomic E-state index is 12.0. The number of likely N-dealkylation sites (N-methyl/N-ethyl adjacent to an activating group) is 1. The van der Waals surface area contributed by atoms with Crippen LogP contribution < -0.4 is 0 Å². The van der Waals surface area contributed by atoms with Crippen LogP contribution in [0.2, 0.25) is 0 Å². The average Bonchev–Trinajstić information content (AvgIpc) is 2.83. The number of ether oxygens (including phenoxy) is 1. The molecule has 0 saturated heterocycles. The lowest BCUT2D eigenvalue weighted by Gasteiger charge is -2.28. The third kappa shape index (κ3) is 4.00. The van der Waals surface area contributed by atoms with Gasteiger partial charge in [0.2, 0.25) is 0 Å². The Bertz CT molecular complexity index is 624. The number of hydrogen-bond donors (Lipinski definition) is 0. The minimum atomic E-state index is -0.474. The molecule has 21 heavy (non-hydrogen) atoms. The van der Waals surface area contributed by atoms with Crippen LogP contribution >= 0.6 is 0 Å². The van der Waals surface area contributed by atoms with Crippen molar-refractivity contribution in [3.05, 3.63) is 36.1 Å². The van der Waals surface area contributed by atoms with E-state index in [1.54, 1.807) is 18.2 Å². The average molecular weight is 289 g/mol. The molecule has 2 aromatic rings. The highest BCUT2D eigenvalue weighted by Crippen LogP contribution is 2.19. The summed E-state index contributed by atoms with van der Waals surface area (Å²) in [4.78, 5) is 13.7. The van der Waals surface area contributed by atoms with Crippen LogP contribution in [0.4, 0.5) is 4.79 Å². The van der Waals surface area contributed by atoms with E-state index in [2.05, 4.69) is 6.07 Å². The highest BCUT2D eigenvalue weighted by atomic mass is 16.6. The minimum Gasteiger partial charge on any atom is -0.464 e. The van der Waals surface area contributed by atoms with E-state index in [4.69, 9.17) is 9.15 Å². The Morgan fingerprint density at radius 3 is 2.71 bits per heavy atom. The van der Waals surface area contributed by atoms with Crippen molar-refractivity contribution in [2.45, 2.75) is 45.8 Å². The molecule has 1 heterocycles. The molecule has 0 spiro atoms. The summed E-state index contributed by atoms with van der Waals surface area (Å²) >= 11 is 0.